The molecule has 0 saturated carbocycles. The molecule has 126 valence electrons. The summed E-state index contributed by atoms with van der Waals surface area (Å²) in [6.45, 7) is 0. The lowest BCUT2D eigenvalue weighted by molar-refractivity contribution is 0.102. The molecule has 0 atom stereocenters. The van der Waals surface area contributed by atoms with Gasteiger partial charge in [0.25, 0.3) is 5.91 Å². The summed E-state index contributed by atoms with van der Waals surface area (Å²) < 4.78 is 7.24. The van der Waals surface area contributed by atoms with Gasteiger partial charge in [-0.2, -0.15) is 0 Å². The van der Waals surface area contributed by atoms with Gasteiger partial charge >= 0.3 is 0 Å². The number of carbonyl (C=O) groups excluding carboxylic acids is 1. The average Bonchev–Trinajstić information content (AvgIpc) is 2.60. The maximum Gasteiger partial charge on any atom is 0.259 e. The van der Waals surface area contributed by atoms with Crippen molar-refractivity contribution in [1.29, 1.82) is 0 Å². The van der Waals surface area contributed by atoms with E-state index < -0.39 is 0 Å². The number of nitrogens with one attached hydrogen (secondary N) is 1. The smallest absolute Gasteiger partial charge is 0.259 e. The first-order chi connectivity index (χ1) is 12.0. The Morgan fingerprint density at radius 1 is 0.920 bits per heavy atom. The molecule has 0 radical (unpaired) electrons. The normalized spacial score (nSPS) is 10.3. The standard InChI is InChI=1S/C19H13I2NO3/c20-12-10-16(18(23)17(21)11-12)19(24)22-13-6-8-15(9-7-13)25-14-4-2-1-3-5-14/h1-11,23H,(H,22,24). The molecule has 0 aliphatic rings. The second kappa shape index (κ2) is 8.05. The number of aromatic hydroxyl groups is 1. The highest BCUT2D eigenvalue weighted by Gasteiger charge is 2.15. The van der Waals surface area contributed by atoms with Crippen LogP contribution in [0, 0.1) is 7.14 Å². The SMILES string of the molecule is O=C(Nc1ccc(Oc2ccccc2)cc1)c1cc(I)cc(I)c1O. The summed E-state index contributed by atoms with van der Waals surface area (Å²) >= 11 is 4.12. The van der Waals surface area contributed by atoms with Gasteiger partial charge in [-0.05, 0) is 93.7 Å². The van der Waals surface area contributed by atoms with Crippen molar-refractivity contribution in [2.75, 3.05) is 5.32 Å². The number of phenolic OH excluding ortho intramolecular Hbond substituents is 1. The maximum absolute atomic E-state index is 12.4. The van der Waals surface area contributed by atoms with Gasteiger partial charge in [-0.3, -0.25) is 4.79 Å². The van der Waals surface area contributed by atoms with E-state index in [9.17, 15) is 9.90 Å². The zero-order valence-corrected chi connectivity index (χ0v) is 17.2. The highest BCUT2D eigenvalue weighted by atomic mass is 127. The molecule has 2 N–H and O–H groups in total. The molecule has 0 heterocycles. The Bertz CT molecular complexity index is 897. The van der Waals surface area contributed by atoms with E-state index in [1.165, 1.54) is 0 Å². The number of hydrogen-bond donors (Lipinski definition) is 2. The molecule has 3 aromatic carbocycles. The summed E-state index contributed by atoms with van der Waals surface area (Å²) in [5, 5.41) is 12.9. The molecule has 0 spiro atoms. The Morgan fingerprint density at radius 2 is 1.56 bits per heavy atom. The van der Waals surface area contributed by atoms with Crippen LogP contribution in [0.5, 0.6) is 17.2 Å². The molecular weight excluding hydrogens is 544 g/mol. The van der Waals surface area contributed by atoms with Crippen molar-refractivity contribution in [3.05, 3.63) is 79.4 Å². The zero-order chi connectivity index (χ0) is 17.8. The molecule has 3 rings (SSSR count). The van der Waals surface area contributed by atoms with Crippen LogP contribution in [0.15, 0.2) is 66.7 Å². The van der Waals surface area contributed by atoms with Crippen molar-refractivity contribution in [3.8, 4) is 17.2 Å². The average molecular weight is 557 g/mol. The molecule has 0 fully saturated rings. The topological polar surface area (TPSA) is 58.6 Å². The quantitative estimate of drug-likeness (QED) is 0.409. The van der Waals surface area contributed by atoms with Crippen LogP contribution in [0.4, 0.5) is 5.69 Å². The molecule has 0 aromatic heterocycles. The predicted molar refractivity (Wildman–Crippen MR) is 114 cm³/mol. The van der Waals surface area contributed by atoms with Gasteiger partial charge in [-0.1, -0.05) is 18.2 Å². The van der Waals surface area contributed by atoms with Gasteiger partial charge in [0.05, 0.1) is 9.13 Å². The fraction of sp³-hybridized carbons (Fsp3) is 0. The van der Waals surface area contributed by atoms with Gasteiger partial charge in [-0.15, -0.1) is 0 Å². The van der Waals surface area contributed by atoms with Crippen molar-refractivity contribution >= 4 is 56.8 Å². The lowest BCUT2D eigenvalue weighted by Crippen LogP contribution is -2.12. The lowest BCUT2D eigenvalue weighted by Gasteiger charge is -2.10. The third-order valence-corrected chi connectivity index (χ3v) is 4.81. The second-order valence-corrected chi connectivity index (χ2v) is 7.59. The highest BCUT2D eigenvalue weighted by Crippen LogP contribution is 2.28. The number of benzene rings is 3. The van der Waals surface area contributed by atoms with E-state index >= 15 is 0 Å². The summed E-state index contributed by atoms with van der Waals surface area (Å²) in [6.07, 6.45) is 0. The van der Waals surface area contributed by atoms with Crippen molar-refractivity contribution in [2.24, 2.45) is 0 Å². The Morgan fingerprint density at radius 3 is 2.24 bits per heavy atom. The fourth-order valence-electron chi connectivity index (χ4n) is 2.17. The van der Waals surface area contributed by atoms with Gasteiger partial charge in [0.2, 0.25) is 0 Å². The summed E-state index contributed by atoms with van der Waals surface area (Å²) in [6, 6.07) is 20.0. The minimum atomic E-state index is -0.356. The van der Waals surface area contributed by atoms with E-state index in [-0.39, 0.29) is 17.2 Å². The fourth-order valence-corrected chi connectivity index (χ4v) is 4.01. The van der Waals surface area contributed by atoms with E-state index in [0.29, 0.717) is 15.0 Å². The van der Waals surface area contributed by atoms with Crippen LogP contribution >= 0.6 is 45.2 Å². The maximum atomic E-state index is 12.4. The first-order valence-corrected chi connectivity index (χ1v) is 9.51. The number of rotatable bonds is 4. The third-order valence-electron chi connectivity index (χ3n) is 3.36. The van der Waals surface area contributed by atoms with Gasteiger partial charge in [0.1, 0.15) is 17.2 Å². The third kappa shape index (κ3) is 4.63. The van der Waals surface area contributed by atoms with E-state index in [1.807, 2.05) is 59.0 Å². The monoisotopic (exact) mass is 557 g/mol. The van der Waals surface area contributed by atoms with Crippen LogP contribution < -0.4 is 10.1 Å². The molecule has 3 aromatic rings. The summed E-state index contributed by atoms with van der Waals surface area (Å²) in [4.78, 5) is 12.4. The number of anilines is 1. The van der Waals surface area contributed by atoms with Crippen molar-refractivity contribution in [1.82, 2.24) is 0 Å². The van der Waals surface area contributed by atoms with Gasteiger partial charge in [0, 0.05) is 9.26 Å². The van der Waals surface area contributed by atoms with E-state index in [1.54, 1.807) is 30.3 Å². The highest BCUT2D eigenvalue weighted by molar-refractivity contribution is 14.1. The molecule has 25 heavy (non-hydrogen) atoms. The van der Waals surface area contributed by atoms with Crippen LogP contribution in [0.1, 0.15) is 10.4 Å². The zero-order valence-electron chi connectivity index (χ0n) is 12.9. The number of para-hydroxylation sites is 1. The molecule has 0 aliphatic carbocycles. The Balaban J connectivity index is 1.72. The van der Waals surface area contributed by atoms with E-state index in [0.717, 1.165) is 9.32 Å². The Kier molecular flexibility index (Phi) is 5.79. The molecule has 6 heteroatoms. The number of ether oxygens (including phenoxy) is 1. The lowest BCUT2D eigenvalue weighted by atomic mass is 10.2. The van der Waals surface area contributed by atoms with Crippen LogP contribution in [0.25, 0.3) is 0 Å². The number of amides is 1. The Hall–Kier alpha value is -1.81. The van der Waals surface area contributed by atoms with E-state index in [2.05, 4.69) is 27.9 Å². The van der Waals surface area contributed by atoms with Crippen molar-refractivity contribution in [2.45, 2.75) is 0 Å². The largest absolute Gasteiger partial charge is 0.506 e. The minimum Gasteiger partial charge on any atom is -0.506 e. The number of halogens is 2. The molecule has 0 unspecified atom stereocenters. The van der Waals surface area contributed by atoms with Gasteiger partial charge in [-0.25, -0.2) is 0 Å². The van der Waals surface area contributed by atoms with Crippen LogP contribution in [0.2, 0.25) is 0 Å². The number of carbonyl (C=O) groups is 1. The first-order valence-electron chi connectivity index (χ1n) is 7.35. The first kappa shape index (κ1) is 18.0. The second-order valence-electron chi connectivity index (χ2n) is 5.18. The number of phenols is 1. The molecule has 4 nitrogen and oxygen atoms in total. The van der Waals surface area contributed by atoms with Crippen molar-refractivity contribution < 1.29 is 14.6 Å². The molecule has 0 aliphatic heterocycles. The van der Waals surface area contributed by atoms with Gasteiger partial charge < -0.3 is 15.2 Å². The van der Waals surface area contributed by atoms with Crippen molar-refractivity contribution in [3.63, 3.8) is 0 Å². The van der Waals surface area contributed by atoms with Crippen LogP contribution in [-0.2, 0) is 0 Å². The molecule has 0 saturated heterocycles. The summed E-state index contributed by atoms with van der Waals surface area (Å²) in [5.41, 5.74) is 0.875. The minimum absolute atomic E-state index is 0.0115. The van der Waals surface area contributed by atoms with Crippen LogP contribution in [0.3, 0.4) is 0 Å². The molecular formula is C19H13I2NO3. The van der Waals surface area contributed by atoms with Crippen LogP contribution in [-0.4, -0.2) is 11.0 Å². The summed E-state index contributed by atoms with van der Waals surface area (Å²) in [5.74, 6) is 1.06. The number of hydrogen-bond acceptors (Lipinski definition) is 3. The molecule has 0 bridgehead atoms. The predicted octanol–water partition coefficient (Wildman–Crippen LogP) is 5.65. The Labute approximate surface area is 172 Å². The van der Waals surface area contributed by atoms with E-state index in [4.69, 9.17) is 4.74 Å². The summed E-state index contributed by atoms with van der Waals surface area (Å²) in [7, 11) is 0. The van der Waals surface area contributed by atoms with Gasteiger partial charge in [0.15, 0.2) is 0 Å². The molecule has 1 amide bonds.